The number of ether oxygens (including phenoxy) is 1. The maximum absolute atomic E-state index is 13.5. The van der Waals surface area contributed by atoms with Crippen molar-refractivity contribution in [1.82, 2.24) is 14.7 Å². The number of carbonyl (C=O) groups is 2. The number of aromatic nitrogens is 2. The van der Waals surface area contributed by atoms with E-state index in [2.05, 4.69) is 13.8 Å². The van der Waals surface area contributed by atoms with E-state index in [1.165, 1.54) is 0 Å². The fourth-order valence-corrected chi connectivity index (χ4v) is 4.10. The van der Waals surface area contributed by atoms with Gasteiger partial charge in [-0.25, -0.2) is 4.68 Å². The quantitative estimate of drug-likeness (QED) is 0.634. The van der Waals surface area contributed by atoms with E-state index < -0.39 is 0 Å². The summed E-state index contributed by atoms with van der Waals surface area (Å²) in [7, 11) is 0. The topological polar surface area (TPSA) is 64.4 Å². The number of hydrogen-bond acceptors (Lipinski definition) is 4. The summed E-state index contributed by atoms with van der Waals surface area (Å²) in [5, 5.41) is 5.44. The van der Waals surface area contributed by atoms with Crippen LogP contribution in [0.5, 0.6) is 0 Å². The van der Waals surface area contributed by atoms with Crippen molar-refractivity contribution in [3.8, 4) is 5.69 Å². The molecule has 6 nitrogen and oxygen atoms in total. The zero-order valence-electron chi connectivity index (χ0n) is 18.2. The molecular formula is C23H30ClN3O3. The first kappa shape index (κ1) is 22.3. The summed E-state index contributed by atoms with van der Waals surface area (Å²) in [5.74, 6) is -0.177. The third-order valence-electron chi connectivity index (χ3n) is 5.40. The molecule has 0 aliphatic carbocycles. The number of hydrogen-bond donors (Lipinski definition) is 0. The zero-order chi connectivity index (χ0) is 21.8. The number of nitrogens with zero attached hydrogens (tertiary/aromatic N) is 3. The summed E-state index contributed by atoms with van der Waals surface area (Å²) < 4.78 is 7.00. The summed E-state index contributed by atoms with van der Waals surface area (Å²) in [6, 6.07) is 7.42. The Kier molecular flexibility index (Phi) is 7.19. The van der Waals surface area contributed by atoms with Crippen LogP contribution < -0.4 is 0 Å². The van der Waals surface area contributed by atoms with Gasteiger partial charge in [-0.15, -0.1) is 0 Å². The lowest BCUT2D eigenvalue weighted by atomic mass is 9.96. The summed E-state index contributed by atoms with van der Waals surface area (Å²) in [5.41, 5.74) is 3.10. The average molecular weight is 432 g/mol. The molecule has 2 heterocycles. The van der Waals surface area contributed by atoms with Crippen molar-refractivity contribution in [3.05, 3.63) is 46.2 Å². The first-order valence-electron chi connectivity index (χ1n) is 10.6. The van der Waals surface area contributed by atoms with Gasteiger partial charge in [0.25, 0.3) is 5.91 Å². The Balaban J connectivity index is 1.93. The van der Waals surface area contributed by atoms with Gasteiger partial charge < -0.3 is 9.64 Å². The van der Waals surface area contributed by atoms with Crippen molar-refractivity contribution in [3.63, 3.8) is 0 Å². The number of rotatable bonds is 6. The molecule has 0 spiro atoms. The molecule has 1 amide bonds. The van der Waals surface area contributed by atoms with E-state index in [9.17, 15) is 9.59 Å². The Morgan fingerprint density at radius 3 is 2.60 bits per heavy atom. The Labute approximate surface area is 183 Å². The predicted octanol–water partition coefficient (Wildman–Crippen LogP) is 4.45. The van der Waals surface area contributed by atoms with Gasteiger partial charge in [0.1, 0.15) is 0 Å². The van der Waals surface area contributed by atoms with Crippen molar-refractivity contribution in [2.45, 2.75) is 47.0 Å². The molecule has 1 atom stereocenters. The SMILES string of the molecule is CCOC(=O)C1CCCN(C(=O)c2c(CC(C)C)nn(-c3ccc(Cl)cc3)c2C)C1. The minimum Gasteiger partial charge on any atom is -0.466 e. The Hall–Kier alpha value is -2.34. The minimum absolute atomic E-state index is 0.0580. The van der Waals surface area contributed by atoms with Crippen LogP contribution in [0, 0.1) is 18.8 Å². The average Bonchev–Trinajstić information content (AvgIpc) is 3.03. The molecule has 1 aliphatic heterocycles. The summed E-state index contributed by atoms with van der Waals surface area (Å²) in [6.45, 7) is 9.34. The second-order valence-electron chi connectivity index (χ2n) is 8.24. The molecule has 1 fully saturated rings. The fraction of sp³-hybridized carbons (Fsp3) is 0.522. The van der Waals surface area contributed by atoms with E-state index in [1.54, 1.807) is 11.8 Å². The van der Waals surface area contributed by atoms with Gasteiger partial charge in [-0.3, -0.25) is 9.59 Å². The Morgan fingerprint density at radius 2 is 1.97 bits per heavy atom. The van der Waals surface area contributed by atoms with Crippen molar-refractivity contribution in [1.29, 1.82) is 0 Å². The number of amides is 1. The number of likely N-dealkylation sites (tertiary alicyclic amines) is 1. The van der Waals surface area contributed by atoms with Gasteiger partial charge in [0.15, 0.2) is 0 Å². The lowest BCUT2D eigenvalue weighted by Gasteiger charge is -2.31. The molecule has 0 bridgehead atoms. The van der Waals surface area contributed by atoms with Gasteiger partial charge in [-0.05, 0) is 63.3 Å². The van der Waals surface area contributed by atoms with Gasteiger partial charge in [0.2, 0.25) is 0 Å². The van der Waals surface area contributed by atoms with Gasteiger partial charge in [-0.1, -0.05) is 25.4 Å². The van der Waals surface area contributed by atoms with Gasteiger partial charge in [-0.2, -0.15) is 5.10 Å². The zero-order valence-corrected chi connectivity index (χ0v) is 18.9. The van der Waals surface area contributed by atoms with Gasteiger partial charge in [0, 0.05) is 18.1 Å². The number of halogens is 1. The highest BCUT2D eigenvalue weighted by molar-refractivity contribution is 6.30. The number of benzene rings is 1. The van der Waals surface area contributed by atoms with Crippen LogP contribution in [0.4, 0.5) is 0 Å². The third kappa shape index (κ3) is 4.86. The molecule has 1 aliphatic rings. The highest BCUT2D eigenvalue weighted by atomic mass is 35.5. The predicted molar refractivity (Wildman–Crippen MR) is 117 cm³/mol. The fourth-order valence-electron chi connectivity index (χ4n) is 3.97. The first-order valence-corrected chi connectivity index (χ1v) is 11.0. The molecule has 2 aromatic rings. The molecule has 0 N–H and O–H groups in total. The highest BCUT2D eigenvalue weighted by Gasteiger charge is 2.33. The van der Waals surface area contributed by atoms with Crippen LogP contribution >= 0.6 is 11.6 Å². The van der Waals surface area contributed by atoms with Crippen molar-refractivity contribution in [2.24, 2.45) is 11.8 Å². The standard InChI is InChI=1S/C23H30ClN3O3/c1-5-30-23(29)17-7-6-12-26(14-17)22(28)21-16(4)27(25-20(21)13-15(2)3)19-10-8-18(24)9-11-19/h8-11,15,17H,5-7,12-14H2,1-4H3. The summed E-state index contributed by atoms with van der Waals surface area (Å²) >= 11 is 6.03. The summed E-state index contributed by atoms with van der Waals surface area (Å²) in [4.78, 5) is 27.5. The second-order valence-corrected chi connectivity index (χ2v) is 8.67. The summed E-state index contributed by atoms with van der Waals surface area (Å²) in [6.07, 6.45) is 2.25. The van der Waals surface area contributed by atoms with Crippen LogP contribution in [0.25, 0.3) is 5.69 Å². The lowest BCUT2D eigenvalue weighted by Crippen LogP contribution is -2.43. The maximum Gasteiger partial charge on any atom is 0.310 e. The normalized spacial score (nSPS) is 16.7. The van der Waals surface area contributed by atoms with Crippen LogP contribution in [0.2, 0.25) is 5.02 Å². The van der Waals surface area contributed by atoms with Crippen LogP contribution in [-0.2, 0) is 16.0 Å². The Morgan fingerprint density at radius 1 is 1.27 bits per heavy atom. The molecule has 1 saturated heterocycles. The van der Waals surface area contributed by atoms with Gasteiger partial charge >= 0.3 is 5.97 Å². The van der Waals surface area contributed by atoms with E-state index in [4.69, 9.17) is 21.4 Å². The molecule has 0 radical (unpaired) electrons. The maximum atomic E-state index is 13.5. The van der Waals surface area contributed by atoms with E-state index in [0.717, 1.165) is 29.9 Å². The lowest BCUT2D eigenvalue weighted by molar-refractivity contribution is -0.149. The third-order valence-corrected chi connectivity index (χ3v) is 5.66. The molecule has 162 valence electrons. The molecule has 3 rings (SSSR count). The molecular weight excluding hydrogens is 402 g/mol. The molecule has 1 aromatic carbocycles. The first-order chi connectivity index (χ1) is 14.3. The number of carbonyl (C=O) groups excluding carboxylic acids is 2. The van der Waals surface area contributed by atoms with Crippen LogP contribution in [-0.4, -0.2) is 46.3 Å². The smallest absolute Gasteiger partial charge is 0.310 e. The monoisotopic (exact) mass is 431 g/mol. The van der Waals surface area contributed by atoms with E-state index in [0.29, 0.717) is 42.6 Å². The van der Waals surface area contributed by atoms with Crippen molar-refractivity contribution < 1.29 is 14.3 Å². The van der Waals surface area contributed by atoms with Crippen molar-refractivity contribution in [2.75, 3.05) is 19.7 Å². The van der Waals surface area contributed by atoms with Crippen molar-refractivity contribution >= 4 is 23.5 Å². The number of piperidine rings is 1. The van der Waals surface area contributed by atoms with Crippen LogP contribution in [0.1, 0.15) is 55.4 Å². The highest BCUT2D eigenvalue weighted by Crippen LogP contribution is 2.26. The van der Waals surface area contributed by atoms with E-state index in [1.807, 2.05) is 35.9 Å². The van der Waals surface area contributed by atoms with E-state index >= 15 is 0 Å². The molecule has 7 heteroatoms. The van der Waals surface area contributed by atoms with E-state index in [-0.39, 0.29) is 17.8 Å². The van der Waals surface area contributed by atoms with Crippen LogP contribution in [0.15, 0.2) is 24.3 Å². The van der Waals surface area contributed by atoms with Gasteiger partial charge in [0.05, 0.1) is 35.2 Å². The Bertz CT molecular complexity index is 905. The molecule has 30 heavy (non-hydrogen) atoms. The molecule has 1 unspecified atom stereocenters. The van der Waals surface area contributed by atoms with Crippen LogP contribution in [0.3, 0.4) is 0 Å². The number of esters is 1. The molecule has 0 saturated carbocycles. The minimum atomic E-state index is -0.261. The molecule has 1 aromatic heterocycles. The second kappa shape index (κ2) is 9.65. The largest absolute Gasteiger partial charge is 0.466 e.